The van der Waals surface area contributed by atoms with Crippen LogP contribution >= 0.6 is 7.60 Å². The normalized spacial score (nSPS) is 11.9. The highest BCUT2D eigenvalue weighted by molar-refractivity contribution is 7.53. The van der Waals surface area contributed by atoms with Gasteiger partial charge in [-0.15, -0.1) is 9.35 Å². The van der Waals surface area contributed by atoms with E-state index in [1.807, 2.05) is 0 Å². The van der Waals surface area contributed by atoms with Crippen LogP contribution in [0.15, 0.2) is 12.4 Å². The van der Waals surface area contributed by atoms with E-state index in [1.54, 1.807) is 26.2 Å². The van der Waals surface area contributed by atoms with Crippen LogP contribution in [0.1, 0.15) is 25.8 Å². The maximum atomic E-state index is 12.1. The Kier molecular flexibility index (Phi) is 7.15. The minimum absolute atomic E-state index is 0.220. The van der Waals surface area contributed by atoms with Crippen molar-refractivity contribution in [3.8, 4) is 0 Å². The Morgan fingerprint density at radius 1 is 1.28 bits per heavy atom. The topological polar surface area (TPSA) is 82.7 Å². The smallest absolute Gasteiger partial charge is 0.285 e. The van der Waals surface area contributed by atoms with Gasteiger partial charge in [-0.2, -0.15) is 5.10 Å². The Labute approximate surface area is 106 Å². The Morgan fingerprint density at radius 3 is 2.44 bits per heavy atom. The first-order chi connectivity index (χ1) is 8.70. The van der Waals surface area contributed by atoms with Gasteiger partial charge in [-0.3, -0.25) is 9.66 Å². The van der Waals surface area contributed by atoms with Crippen molar-refractivity contribution in [2.75, 3.05) is 19.4 Å². The number of nitrogens with one attached hydrogen (secondary N) is 1. The first kappa shape index (κ1) is 15.3. The SMILES string of the molecule is CCOOP(=O)(CCCc1cn[nH]c1)OOCC. The third-order valence-electron chi connectivity index (χ3n) is 2.02. The molecule has 0 saturated heterocycles. The van der Waals surface area contributed by atoms with Gasteiger partial charge in [0.2, 0.25) is 0 Å². The van der Waals surface area contributed by atoms with Crippen molar-refractivity contribution in [1.82, 2.24) is 10.2 Å². The van der Waals surface area contributed by atoms with Crippen molar-refractivity contribution >= 4 is 7.60 Å². The molecule has 18 heavy (non-hydrogen) atoms. The van der Waals surface area contributed by atoms with E-state index >= 15 is 0 Å². The molecule has 0 bridgehead atoms. The second kappa shape index (κ2) is 8.39. The maximum Gasteiger partial charge on any atom is 0.384 e. The van der Waals surface area contributed by atoms with Crippen molar-refractivity contribution in [1.29, 1.82) is 0 Å². The first-order valence-corrected chi connectivity index (χ1v) is 7.62. The molecule has 0 amide bonds. The molecule has 0 fully saturated rings. The molecule has 0 aliphatic rings. The number of aryl methyl sites for hydroxylation is 1. The summed E-state index contributed by atoms with van der Waals surface area (Å²) in [4.78, 5) is 9.39. The molecule has 0 aliphatic heterocycles. The summed E-state index contributed by atoms with van der Waals surface area (Å²) in [5, 5.41) is 6.55. The number of rotatable bonds is 10. The molecule has 7 nitrogen and oxygen atoms in total. The van der Waals surface area contributed by atoms with Crippen molar-refractivity contribution in [3.63, 3.8) is 0 Å². The molecule has 0 atom stereocenters. The predicted molar refractivity (Wildman–Crippen MR) is 64.8 cm³/mol. The van der Waals surface area contributed by atoms with Crippen LogP contribution in [0.4, 0.5) is 0 Å². The van der Waals surface area contributed by atoms with E-state index in [-0.39, 0.29) is 6.16 Å². The van der Waals surface area contributed by atoms with Crippen LogP contribution in [0.25, 0.3) is 0 Å². The Balaban J connectivity index is 2.37. The third-order valence-corrected chi connectivity index (χ3v) is 3.55. The van der Waals surface area contributed by atoms with Gasteiger partial charge in [-0.05, 0) is 32.3 Å². The van der Waals surface area contributed by atoms with Crippen molar-refractivity contribution in [3.05, 3.63) is 18.0 Å². The van der Waals surface area contributed by atoms with Crippen LogP contribution in [0, 0.1) is 0 Å². The minimum Gasteiger partial charge on any atom is -0.285 e. The van der Waals surface area contributed by atoms with Gasteiger partial charge in [-0.25, -0.2) is 9.78 Å². The number of aromatic amines is 1. The van der Waals surface area contributed by atoms with Crippen LogP contribution in [0.3, 0.4) is 0 Å². The number of nitrogens with zero attached hydrogens (tertiary/aromatic N) is 1. The quantitative estimate of drug-likeness (QED) is 0.402. The Hall–Kier alpha value is -0.720. The van der Waals surface area contributed by atoms with E-state index in [0.29, 0.717) is 19.6 Å². The number of aromatic nitrogens is 2. The molecule has 0 saturated carbocycles. The Morgan fingerprint density at radius 2 is 1.94 bits per heavy atom. The van der Waals surface area contributed by atoms with Gasteiger partial charge in [0, 0.05) is 6.20 Å². The van der Waals surface area contributed by atoms with E-state index < -0.39 is 7.60 Å². The van der Waals surface area contributed by atoms with Crippen molar-refractivity contribution in [2.24, 2.45) is 0 Å². The van der Waals surface area contributed by atoms with Crippen LogP contribution in [0.5, 0.6) is 0 Å². The van der Waals surface area contributed by atoms with Gasteiger partial charge in [-0.1, -0.05) is 0 Å². The second-order valence-corrected chi connectivity index (χ2v) is 5.47. The number of hydrogen-bond acceptors (Lipinski definition) is 6. The van der Waals surface area contributed by atoms with E-state index in [9.17, 15) is 4.57 Å². The zero-order valence-electron chi connectivity index (χ0n) is 10.6. The van der Waals surface area contributed by atoms with Gasteiger partial charge < -0.3 is 0 Å². The zero-order chi connectivity index (χ0) is 13.3. The summed E-state index contributed by atoms with van der Waals surface area (Å²) in [5.74, 6) is 0. The molecule has 0 unspecified atom stereocenters. The van der Waals surface area contributed by atoms with Crippen LogP contribution in [-0.4, -0.2) is 29.6 Å². The summed E-state index contributed by atoms with van der Waals surface area (Å²) < 4.78 is 21.7. The molecule has 1 aromatic heterocycles. The van der Waals surface area contributed by atoms with E-state index in [4.69, 9.17) is 19.1 Å². The van der Waals surface area contributed by atoms with Crippen LogP contribution in [0.2, 0.25) is 0 Å². The molecular weight excluding hydrogens is 259 g/mol. The summed E-state index contributed by atoms with van der Waals surface area (Å²) in [6, 6.07) is 0. The lowest BCUT2D eigenvalue weighted by molar-refractivity contribution is -0.263. The van der Waals surface area contributed by atoms with E-state index in [1.165, 1.54) is 0 Å². The number of hydrogen-bond donors (Lipinski definition) is 1. The van der Waals surface area contributed by atoms with Crippen LogP contribution in [-0.2, 0) is 30.1 Å². The first-order valence-electron chi connectivity index (χ1n) is 5.89. The van der Waals surface area contributed by atoms with Crippen LogP contribution < -0.4 is 0 Å². The highest BCUT2D eigenvalue weighted by Crippen LogP contribution is 2.49. The van der Waals surface area contributed by atoms with Gasteiger partial charge in [0.15, 0.2) is 0 Å². The van der Waals surface area contributed by atoms with E-state index in [2.05, 4.69) is 10.2 Å². The zero-order valence-corrected chi connectivity index (χ0v) is 11.5. The number of H-pyrrole nitrogens is 1. The summed E-state index contributed by atoms with van der Waals surface area (Å²) in [7, 11) is -3.35. The van der Waals surface area contributed by atoms with Gasteiger partial charge in [0.25, 0.3) is 0 Å². The molecular formula is C10H19N2O5P. The minimum atomic E-state index is -3.35. The standard InChI is InChI=1S/C10H19N2O5P/c1-3-14-16-18(13,17-15-4-2)7-5-6-10-8-11-12-9-10/h8-9H,3-7H2,1-2H3,(H,11,12). The van der Waals surface area contributed by atoms with Crippen molar-refractivity contribution in [2.45, 2.75) is 26.7 Å². The summed E-state index contributed by atoms with van der Waals surface area (Å²) in [6.45, 7) is 4.05. The molecule has 1 N–H and O–H groups in total. The van der Waals surface area contributed by atoms with E-state index in [0.717, 1.165) is 12.0 Å². The lowest BCUT2D eigenvalue weighted by atomic mass is 10.2. The fourth-order valence-corrected chi connectivity index (χ4v) is 2.50. The lowest BCUT2D eigenvalue weighted by Gasteiger charge is -2.14. The monoisotopic (exact) mass is 278 g/mol. The highest BCUT2D eigenvalue weighted by atomic mass is 31.2. The average Bonchev–Trinajstić information content (AvgIpc) is 2.87. The second-order valence-electron chi connectivity index (χ2n) is 3.51. The molecule has 0 radical (unpaired) electrons. The van der Waals surface area contributed by atoms with Crippen molar-refractivity contribution < 1.29 is 23.7 Å². The maximum absolute atomic E-state index is 12.1. The molecule has 0 spiro atoms. The largest absolute Gasteiger partial charge is 0.384 e. The molecule has 0 aromatic carbocycles. The molecule has 104 valence electrons. The fraction of sp³-hybridized carbons (Fsp3) is 0.700. The van der Waals surface area contributed by atoms with Gasteiger partial charge in [0.1, 0.15) is 0 Å². The lowest BCUT2D eigenvalue weighted by Crippen LogP contribution is -2.03. The summed E-state index contributed by atoms with van der Waals surface area (Å²) in [6.07, 6.45) is 5.08. The molecule has 1 aromatic rings. The molecule has 1 heterocycles. The molecule has 0 aliphatic carbocycles. The summed E-state index contributed by atoms with van der Waals surface area (Å²) in [5.41, 5.74) is 1.04. The highest BCUT2D eigenvalue weighted by Gasteiger charge is 2.27. The predicted octanol–water partition coefficient (Wildman–Crippen LogP) is 2.47. The summed E-state index contributed by atoms with van der Waals surface area (Å²) >= 11 is 0. The molecule has 1 rings (SSSR count). The van der Waals surface area contributed by atoms with Gasteiger partial charge in [0.05, 0.1) is 25.6 Å². The molecule has 8 heteroatoms. The fourth-order valence-electron chi connectivity index (χ4n) is 1.24. The third kappa shape index (κ3) is 5.75. The average molecular weight is 278 g/mol. The Bertz CT molecular complexity index is 345. The van der Waals surface area contributed by atoms with Gasteiger partial charge >= 0.3 is 7.60 Å².